The minimum Gasteiger partial charge on any atom is -0.321 e. The van der Waals surface area contributed by atoms with E-state index in [1.54, 1.807) is 0 Å². The van der Waals surface area contributed by atoms with Crippen LogP contribution in [0, 0.1) is 17.0 Å². The van der Waals surface area contributed by atoms with Crippen molar-refractivity contribution in [3.63, 3.8) is 0 Å². The largest absolute Gasteiger partial charge is 0.321 e. The molecule has 17 heavy (non-hydrogen) atoms. The summed E-state index contributed by atoms with van der Waals surface area (Å²) in [5, 5.41) is 0. The summed E-state index contributed by atoms with van der Waals surface area (Å²) in [7, 11) is 0. The molecule has 1 aliphatic carbocycles. The van der Waals surface area contributed by atoms with Crippen LogP contribution in [-0.4, -0.2) is 0 Å². The first-order chi connectivity index (χ1) is 7.85. The molecule has 94 valence electrons. The van der Waals surface area contributed by atoms with Crippen molar-refractivity contribution in [2.45, 2.75) is 45.1 Å². The van der Waals surface area contributed by atoms with Crippen molar-refractivity contribution >= 4 is 0 Å². The fourth-order valence-electron chi connectivity index (χ4n) is 2.88. The number of nitrogens with two attached hydrogens (primary N) is 1. The molecule has 1 fully saturated rings. The van der Waals surface area contributed by atoms with Gasteiger partial charge >= 0.3 is 0 Å². The van der Waals surface area contributed by atoms with E-state index in [9.17, 15) is 8.78 Å². The minimum absolute atomic E-state index is 0.133. The van der Waals surface area contributed by atoms with Gasteiger partial charge in [-0.2, -0.15) is 0 Å². The summed E-state index contributed by atoms with van der Waals surface area (Å²) in [5.74, 6) is -1.10. The first kappa shape index (κ1) is 12.5. The molecule has 2 N–H and O–H groups in total. The minimum atomic E-state index is -0.631. The van der Waals surface area contributed by atoms with E-state index in [2.05, 4.69) is 13.8 Å². The lowest BCUT2D eigenvalue weighted by Gasteiger charge is -2.48. The van der Waals surface area contributed by atoms with Gasteiger partial charge in [0.25, 0.3) is 0 Å². The van der Waals surface area contributed by atoms with Gasteiger partial charge in [-0.3, -0.25) is 0 Å². The summed E-state index contributed by atoms with van der Waals surface area (Å²) in [6.07, 6.45) is 3.91. The van der Waals surface area contributed by atoms with E-state index < -0.39 is 17.2 Å². The van der Waals surface area contributed by atoms with Crippen molar-refractivity contribution in [1.82, 2.24) is 0 Å². The predicted octanol–water partition coefficient (Wildman–Crippen LogP) is 3.72. The van der Waals surface area contributed by atoms with Crippen LogP contribution in [0.2, 0.25) is 0 Å². The molecule has 0 bridgehead atoms. The Bertz CT molecular complexity index is 408. The third-order valence-electron chi connectivity index (χ3n) is 4.21. The maximum Gasteiger partial charge on any atom is 0.126 e. The molecular weight excluding hydrogens is 220 g/mol. The molecule has 0 radical (unpaired) electrons. The van der Waals surface area contributed by atoms with E-state index in [-0.39, 0.29) is 5.41 Å². The average molecular weight is 239 g/mol. The molecule has 1 saturated carbocycles. The zero-order valence-corrected chi connectivity index (χ0v) is 10.4. The molecule has 1 aromatic carbocycles. The molecule has 0 spiro atoms. The van der Waals surface area contributed by atoms with Gasteiger partial charge in [0, 0.05) is 11.6 Å². The Hall–Kier alpha value is -0.960. The molecule has 0 aliphatic heterocycles. The number of hydrogen-bond acceptors (Lipinski definition) is 1. The monoisotopic (exact) mass is 239 g/mol. The van der Waals surface area contributed by atoms with Crippen LogP contribution in [0.1, 0.15) is 45.1 Å². The Labute approximate surface area is 101 Å². The second kappa shape index (κ2) is 4.05. The average Bonchev–Trinajstić information content (AvgIpc) is 2.21. The molecular formula is C14H19F2N. The topological polar surface area (TPSA) is 26.0 Å². The predicted molar refractivity (Wildman–Crippen MR) is 64.5 cm³/mol. The standard InChI is InChI=1S/C14H19F2N/c1-13(2)5-3-4-6-14(13,17)10-7-11(15)9-12(16)8-10/h7-9H,3-6,17H2,1-2H3. The van der Waals surface area contributed by atoms with Gasteiger partial charge in [-0.1, -0.05) is 26.7 Å². The van der Waals surface area contributed by atoms with E-state index in [4.69, 9.17) is 5.73 Å². The fourth-order valence-corrected chi connectivity index (χ4v) is 2.88. The van der Waals surface area contributed by atoms with Crippen molar-refractivity contribution in [2.75, 3.05) is 0 Å². The molecule has 1 aromatic rings. The zero-order chi connectivity index (χ0) is 12.7. The van der Waals surface area contributed by atoms with Crippen molar-refractivity contribution in [3.05, 3.63) is 35.4 Å². The van der Waals surface area contributed by atoms with E-state index >= 15 is 0 Å². The van der Waals surface area contributed by atoms with Crippen molar-refractivity contribution in [2.24, 2.45) is 11.1 Å². The summed E-state index contributed by atoms with van der Waals surface area (Å²) in [4.78, 5) is 0. The van der Waals surface area contributed by atoms with Crippen LogP contribution in [-0.2, 0) is 5.54 Å². The van der Waals surface area contributed by atoms with E-state index in [0.717, 1.165) is 31.7 Å². The highest BCUT2D eigenvalue weighted by atomic mass is 19.1. The van der Waals surface area contributed by atoms with Gasteiger partial charge in [0.15, 0.2) is 0 Å². The fraction of sp³-hybridized carbons (Fsp3) is 0.571. The normalized spacial score (nSPS) is 28.1. The Balaban J connectivity index is 2.49. The third-order valence-corrected chi connectivity index (χ3v) is 4.21. The molecule has 1 unspecified atom stereocenters. The molecule has 1 nitrogen and oxygen atoms in total. The Morgan fingerprint density at radius 3 is 2.06 bits per heavy atom. The van der Waals surface area contributed by atoms with Crippen LogP contribution in [0.5, 0.6) is 0 Å². The van der Waals surface area contributed by atoms with Crippen LogP contribution in [0.15, 0.2) is 18.2 Å². The Morgan fingerprint density at radius 1 is 1.00 bits per heavy atom. The SMILES string of the molecule is CC1(C)CCCCC1(N)c1cc(F)cc(F)c1. The van der Waals surface area contributed by atoms with Crippen LogP contribution in [0.4, 0.5) is 8.78 Å². The summed E-state index contributed by atoms with van der Waals surface area (Å²) in [5.41, 5.74) is 6.28. The first-order valence-corrected chi connectivity index (χ1v) is 6.11. The summed E-state index contributed by atoms with van der Waals surface area (Å²) in [6, 6.07) is 3.63. The van der Waals surface area contributed by atoms with E-state index in [1.165, 1.54) is 12.1 Å². The van der Waals surface area contributed by atoms with Gasteiger partial charge in [0.1, 0.15) is 11.6 Å². The maximum atomic E-state index is 13.3. The Morgan fingerprint density at radius 2 is 1.53 bits per heavy atom. The highest BCUT2D eigenvalue weighted by Gasteiger charge is 2.45. The van der Waals surface area contributed by atoms with Crippen LogP contribution < -0.4 is 5.73 Å². The smallest absolute Gasteiger partial charge is 0.126 e. The highest BCUT2D eigenvalue weighted by molar-refractivity contribution is 5.29. The quantitative estimate of drug-likeness (QED) is 0.794. The van der Waals surface area contributed by atoms with Crippen LogP contribution in [0.25, 0.3) is 0 Å². The third kappa shape index (κ3) is 2.08. The summed E-state index contributed by atoms with van der Waals surface area (Å²) >= 11 is 0. The molecule has 0 amide bonds. The van der Waals surface area contributed by atoms with E-state index in [0.29, 0.717) is 5.56 Å². The van der Waals surface area contributed by atoms with Gasteiger partial charge in [-0.25, -0.2) is 8.78 Å². The van der Waals surface area contributed by atoms with Gasteiger partial charge in [-0.15, -0.1) is 0 Å². The number of halogens is 2. The van der Waals surface area contributed by atoms with Gasteiger partial charge in [0.05, 0.1) is 0 Å². The van der Waals surface area contributed by atoms with Gasteiger partial charge < -0.3 is 5.73 Å². The molecule has 2 rings (SSSR count). The van der Waals surface area contributed by atoms with Gasteiger partial charge in [-0.05, 0) is 36.0 Å². The molecule has 0 saturated heterocycles. The molecule has 1 atom stereocenters. The van der Waals surface area contributed by atoms with Crippen LogP contribution >= 0.6 is 0 Å². The van der Waals surface area contributed by atoms with Gasteiger partial charge in [0.2, 0.25) is 0 Å². The lowest BCUT2D eigenvalue weighted by Crippen LogP contribution is -2.51. The number of rotatable bonds is 1. The lowest BCUT2D eigenvalue weighted by molar-refractivity contribution is 0.0972. The first-order valence-electron chi connectivity index (χ1n) is 6.11. The summed E-state index contributed by atoms with van der Waals surface area (Å²) < 4.78 is 26.6. The molecule has 3 heteroatoms. The zero-order valence-electron chi connectivity index (χ0n) is 10.4. The summed E-state index contributed by atoms with van der Waals surface area (Å²) in [6.45, 7) is 4.16. The van der Waals surface area contributed by atoms with E-state index in [1.807, 2.05) is 0 Å². The van der Waals surface area contributed by atoms with Crippen molar-refractivity contribution < 1.29 is 8.78 Å². The van der Waals surface area contributed by atoms with Crippen molar-refractivity contribution in [3.8, 4) is 0 Å². The molecule has 1 aliphatic rings. The number of hydrogen-bond donors (Lipinski definition) is 1. The molecule has 0 heterocycles. The van der Waals surface area contributed by atoms with Crippen LogP contribution in [0.3, 0.4) is 0 Å². The Kier molecular flexibility index (Phi) is 2.98. The number of benzene rings is 1. The second-order valence-corrected chi connectivity index (χ2v) is 5.72. The van der Waals surface area contributed by atoms with Crippen molar-refractivity contribution in [1.29, 1.82) is 0 Å². The lowest BCUT2D eigenvalue weighted by atomic mass is 9.61. The maximum absolute atomic E-state index is 13.3. The molecule has 0 aromatic heterocycles. The highest BCUT2D eigenvalue weighted by Crippen LogP contribution is 2.48. The second-order valence-electron chi connectivity index (χ2n) is 5.72.